The Morgan fingerprint density at radius 2 is 1.80 bits per heavy atom. The summed E-state index contributed by atoms with van der Waals surface area (Å²) in [6.07, 6.45) is 0. The van der Waals surface area contributed by atoms with E-state index in [4.69, 9.17) is 4.74 Å². The molecule has 0 fully saturated rings. The summed E-state index contributed by atoms with van der Waals surface area (Å²) in [5.74, 6) is -0.407. The van der Waals surface area contributed by atoms with Gasteiger partial charge in [0.1, 0.15) is 5.75 Å². The van der Waals surface area contributed by atoms with Crippen molar-refractivity contribution in [2.75, 3.05) is 7.11 Å². The van der Waals surface area contributed by atoms with Crippen molar-refractivity contribution >= 4 is 11.9 Å². The minimum absolute atomic E-state index is 0.338. The van der Waals surface area contributed by atoms with Crippen molar-refractivity contribution in [1.82, 2.24) is 5.48 Å². The standard InChI is InChI=1S/C10H11NO4/c1-7(12)11-15-10(13)8-3-5-9(14-2)6-4-8/h3-6H,1-2H3,(H,11,12). The number of carbonyl (C=O) groups is 2. The van der Waals surface area contributed by atoms with Crippen LogP contribution in [0.4, 0.5) is 0 Å². The molecule has 0 aromatic heterocycles. The maximum absolute atomic E-state index is 11.3. The lowest BCUT2D eigenvalue weighted by Crippen LogP contribution is -2.24. The maximum atomic E-state index is 11.3. The highest BCUT2D eigenvalue weighted by Gasteiger charge is 2.07. The minimum Gasteiger partial charge on any atom is -0.497 e. The molecule has 0 bridgehead atoms. The first-order chi connectivity index (χ1) is 7.13. The molecular weight excluding hydrogens is 198 g/mol. The van der Waals surface area contributed by atoms with Crippen LogP contribution in [0, 0.1) is 0 Å². The van der Waals surface area contributed by atoms with E-state index >= 15 is 0 Å². The molecule has 0 spiro atoms. The topological polar surface area (TPSA) is 64.6 Å². The molecule has 15 heavy (non-hydrogen) atoms. The molecule has 5 nitrogen and oxygen atoms in total. The highest BCUT2D eigenvalue weighted by atomic mass is 16.7. The van der Waals surface area contributed by atoms with E-state index in [0.29, 0.717) is 11.3 Å². The van der Waals surface area contributed by atoms with Gasteiger partial charge in [-0.05, 0) is 24.3 Å². The van der Waals surface area contributed by atoms with Crippen molar-refractivity contribution in [1.29, 1.82) is 0 Å². The first-order valence-electron chi connectivity index (χ1n) is 4.25. The Bertz CT molecular complexity index is 358. The van der Waals surface area contributed by atoms with E-state index in [9.17, 15) is 9.59 Å². The fourth-order valence-corrected chi connectivity index (χ4v) is 0.904. The minimum atomic E-state index is -0.618. The molecule has 0 aliphatic heterocycles. The summed E-state index contributed by atoms with van der Waals surface area (Å²) >= 11 is 0. The van der Waals surface area contributed by atoms with Crippen molar-refractivity contribution in [2.24, 2.45) is 0 Å². The number of benzene rings is 1. The summed E-state index contributed by atoms with van der Waals surface area (Å²) in [5.41, 5.74) is 2.29. The molecule has 1 aromatic rings. The number of nitrogens with one attached hydrogen (secondary N) is 1. The molecule has 1 N–H and O–H groups in total. The molecule has 0 saturated carbocycles. The van der Waals surface area contributed by atoms with E-state index in [2.05, 4.69) is 4.84 Å². The van der Waals surface area contributed by atoms with Crippen molar-refractivity contribution in [3.05, 3.63) is 29.8 Å². The number of methoxy groups -OCH3 is 1. The molecule has 1 aromatic carbocycles. The van der Waals surface area contributed by atoms with Gasteiger partial charge in [-0.25, -0.2) is 4.79 Å². The third-order valence-electron chi connectivity index (χ3n) is 1.61. The third-order valence-corrected chi connectivity index (χ3v) is 1.61. The van der Waals surface area contributed by atoms with E-state index in [0.717, 1.165) is 0 Å². The molecule has 0 heterocycles. The fraction of sp³-hybridized carbons (Fsp3) is 0.200. The van der Waals surface area contributed by atoms with Gasteiger partial charge in [-0.2, -0.15) is 5.48 Å². The van der Waals surface area contributed by atoms with Crippen LogP contribution in [0.25, 0.3) is 0 Å². The van der Waals surface area contributed by atoms with Gasteiger partial charge >= 0.3 is 5.97 Å². The van der Waals surface area contributed by atoms with Gasteiger partial charge in [-0.3, -0.25) is 4.79 Å². The smallest absolute Gasteiger partial charge is 0.362 e. The Balaban J connectivity index is 2.62. The highest BCUT2D eigenvalue weighted by molar-refractivity contribution is 5.90. The normalized spacial score (nSPS) is 9.20. The molecule has 0 atom stereocenters. The Morgan fingerprint density at radius 3 is 2.27 bits per heavy atom. The van der Waals surface area contributed by atoms with Gasteiger partial charge < -0.3 is 9.57 Å². The first-order valence-corrected chi connectivity index (χ1v) is 4.25. The quantitative estimate of drug-likeness (QED) is 0.735. The van der Waals surface area contributed by atoms with Gasteiger partial charge in [0, 0.05) is 6.92 Å². The second-order valence-electron chi connectivity index (χ2n) is 2.78. The van der Waals surface area contributed by atoms with Crippen LogP contribution in [0.5, 0.6) is 5.75 Å². The van der Waals surface area contributed by atoms with Crippen LogP contribution in [0.3, 0.4) is 0 Å². The molecule has 0 saturated heterocycles. The Labute approximate surface area is 86.9 Å². The van der Waals surface area contributed by atoms with Gasteiger partial charge in [0.25, 0.3) is 0 Å². The summed E-state index contributed by atoms with van der Waals surface area (Å²) in [6, 6.07) is 6.35. The summed E-state index contributed by atoms with van der Waals surface area (Å²) in [4.78, 5) is 26.2. The van der Waals surface area contributed by atoms with E-state index < -0.39 is 11.9 Å². The Hall–Kier alpha value is -2.04. The average molecular weight is 209 g/mol. The Kier molecular flexibility index (Phi) is 3.68. The van der Waals surface area contributed by atoms with E-state index in [1.165, 1.54) is 14.0 Å². The largest absolute Gasteiger partial charge is 0.497 e. The molecule has 0 aliphatic carbocycles. The van der Waals surface area contributed by atoms with Crippen molar-refractivity contribution in [2.45, 2.75) is 6.92 Å². The molecule has 0 radical (unpaired) electrons. The predicted octanol–water partition coefficient (Wildman–Crippen LogP) is 0.903. The van der Waals surface area contributed by atoms with Crippen LogP contribution >= 0.6 is 0 Å². The van der Waals surface area contributed by atoms with E-state index in [1.54, 1.807) is 24.3 Å². The summed E-state index contributed by atoms with van der Waals surface area (Å²) in [6.45, 7) is 1.25. The fourth-order valence-electron chi connectivity index (χ4n) is 0.904. The summed E-state index contributed by atoms with van der Waals surface area (Å²) in [5, 5.41) is 0. The summed E-state index contributed by atoms with van der Waals surface area (Å²) in [7, 11) is 1.53. The number of amides is 1. The number of carbonyl (C=O) groups excluding carboxylic acids is 2. The molecule has 0 aliphatic rings. The van der Waals surface area contributed by atoms with Crippen LogP contribution in [0.1, 0.15) is 17.3 Å². The number of hydrogen-bond acceptors (Lipinski definition) is 4. The lowest BCUT2D eigenvalue weighted by Gasteiger charge is -2.03. The zero-order chi connectivity index (χ0) is 11.3. The zero-order valence-electron chi connectivity index (χ0n) is 8.44. The van der Waals surface area contributed by atoms with Crippen molar-refractivity contribution < 1.29 is 19.2 Å². The molecule has 0 unspecified atom stereocenters. The molecule has 1 amide bonds. The van der Waals surface area contributed by atoms with Gasteiger partial charge in [-0.15, -0.1) is 0 Å². The number of ether oxygens (including phenoxy) is 1. The number of hydrogen-bond donors (Lipinski definition) is 1. The Morgan fingerprint density at radius 1 is 1.20 bits per heavy atom. The van der Waals surface area contributed by atoms with Crippen molar-refractivity contribution in [3.8, 4) is 5.75 Å². The average Bonchev–Trinajstić information content (AvgIpc) is 2.26. The first kappa shape index (κ1) is 11.0. The van der Waals surface area contributed by atoms with E-state index in [-0.39, 0.29) is 0 Å². The molecular formula is C10H11NO4. The lowest BCUT2D eigenvalue weighted by atomic mass is 10.2. The van der Waals surface area contributed by atoms with Crippen LogP contribution in [-0.2, 0) is 9.63 Å². The third kappa shape index (κ3) is 3.30. The molecule has 1 rings (SSSR count). The van der Waals surface area contributed by atoms with Crippen LogP contribution in [-0.4, -0.2) is 19.0 Å². The van der Waals surface area contributed by atoms with Gasteiger partial charge in [0.15, 0.2) is 0 Å². The highest BCUT2D eigenvalue weighted by Crippen LogP contribution is 2.11. The number of rotatable bonds is 2. The second kappa shape index (κ2) is 4.99. The molecule has 80 valence electrons. The van der Waals surface area contributed by atoms with Gasteiger partial charge in [0.05, 0.1) is 12.7 Å². The van der Waals surface area contributed by atoms with Gasteiger partial charge in [0.2, 0.25) is 5.91 Å². The van der Waals surface area contributed by atoms with E-state index in [1.807, 2.05) is 5.48 Å². The van der Waals surface area contributed by atoms with Gasteiger partial charge in [-0.1, -0.05) is 0 Å². The SMILES string of the molecule is COc1ccc(C(=O)ONC(C)=O)cc1. The van der Waals surface area contributed by atoms with Crippen LogP contribution < -0.4 is 10.2 Å². The second-order valence-corrected chi connectivity index (χ2v) is 2.78. The lowest BCUT2D eigenvalue weighted by molar-refractivity contribution is -0.127. The predicted molar refractivity (Wildman–Crippen MR) is 52.2 cm³/mol. The van der Waals surface area contributed by atoms with Crippen molar-refractivity contribution in [3.63, 3.8) is 0 Å². The van der Waals surface area contributed by atoms with Crippen LogP contribution in [0.15, 0.2) is 24.3 Å². The van der Waals surface area contributed by atoms with Crippen LogP contribution in [0.2, 0.25) is 0 Å². The number of hydroxylamine groups is 1. The summed E-state index contributed by atoms with van der Waals surface area (Å²) < 4.78 is 4.93. The molecule has 5 heteroatoms. The maximum Gasteiger partial charge on any atom is 0.362 e. The zero-order valence-corrected chi connectivity index (χ0v) is 8.44. The monoisotopic (exact) mass is 209 g/mol.